The van der Waals surface area contributed by atoms with Crippen LogP contribution in [0.5, 0.6) is 5.75 Å². The van der Waals surface area contributed by atoms with Gasteiger partial charge >= 0.3 is 0 Å². The molecular weight excluding hydrogens is 301 g/mol. The first-order valence-corrected chi connectivity index (χ1v) is 5.94. The van der Waals surface area contributed by atoms with E-state index in [1.807, 2.05) is 0 Å². The molecule has 2 nitrogen and oxygen atoms in total. The van der Waals surface area contributed by atoms with E-state index in [1.54, 1.807) is 0 Å². The molecule has 0 aromatic heterocycles. The maximum atomic E-state index is 13.8. The Labute approximate surface area is 105 Å². The molecule has 0 unspecified atom stereocenters. The summed E-state index contributed by atoms with van der Waals surface area (Å²) in [6, 6.07) is 0. The van der Waals surface area contributed by atoms with Crippen LogP contribution in [0.25, 0.3) is 0 Å². The fraction of sp³-hybridized carbons (Fsp3) is 0.364. The molecule has 0 N–H and O–H groups in total. The van der Waals surface area contributed by atoms with E-state index in [1.165, 1.54) is 6.92 Å². The summed E-state index contributed by atoms with van der Waals surface area (Å²) in [6.45, 7) is 1.51. The molecule has 0 radical (unpaired) electrons. The van der Waals surface area contributed by atoms with E-state index in [2.05, 4.69) is 20.7 Å². The second kappa shape index (κ2) is 5.53. The normalized spacial score (nSPS) is 10.5. The summed E-state index contributed by atoms with van der Waals surface area (Å²) in [7, 11) is 1.01. The SMILES string of the molecule is CCC(=O)c1c(F)c(OC)c(F)c(F)c1CBr. The smallest absolute Gasteiger partial charge is 0.204 e. The third-order valence-electron chi connectivity index (χ3n) is 2.32. The van der Waals surface area contributed by atoms with Crippen LogP contribution in [0.15, 0.2) is 0 Å². The van der Waals surface area contributed by atoms with Crippen LogP contribution in [0.1, 0.15) is 29.3 Å². The molecule has 1 rings (SSSR count). The zero-order valence-electron chi connectivity index (χ0n) is 9.24. The quantitative estimate of drug-likeness (QED) is 0.482. The largest absolute Gasteiger partial charge is 0.491 e. The van der Waals surface area contributed by atoms with Crippen molar-refractivity contribution in [1.82, 2.24) is 0 Å². The third-order valence-corrected chi connectivity index (χ3v) is 2.88. The van der Waals surface area contributed by atoms with Crippen molar-refractivity contribution in [3.63, 3.8) is 0 Å². The van der Waals surface area contributed by atoms with Gasteiger partial charge in [-0.25, -0.2) is 8.78 Å². The number of ketones is 1. The molecule has 0 fully saturated rings. The van der Waals surface area contributed by atoms with Crippen molar-refractivity contribution < 1.29 is 22.7 Å². The summed E-state index contributed by atoms with van der Waals surface area (Å²) in [5.41, 5.74) is -0.784. The first kappa shape index (κ1) is 14.0. The van der Waals surface area contributed by atoms with Gasteiger partial charge in [0.2, 0.25) is 5.82 Å². The molecule has 0 atom stereocenters. The predicted octanol–water partition coefficient (Wildman–Crippen LogP) is 3.60. The zero-order chi connectivity index (χ0) is 13.2. The molecule has 1 aromatic carbocycles. The van der Waals surface area contributed by atoms with E-state index in [-0.39, 0.29) is 17.3 Å². The number of Topliss-reactive ketones (excluding diaryl/α,β-unsaturated/α-hetero) is 1. The summed E-state index contributed by atoms with van der Waals surface area (Å²) in [6.07, 6.45) is -0.00878. The standard InChI is InChI=1S/C11H10BrF3O2/c1-3-6(16)7-5(4-12)8(13)10(15)11(17-2)9(7)14/h3-4H2,1-2H3. The van der Waals surface area contributed by atoms with Crippen LogP contribution >= 0.6 is 15.9 Å². The van der Waals surface area contributed by atoms with E-state index in [9.17, 15) is 18.0 Å². The lowest BCUT2D eigenvalue weighted by atomic mass is 10.0. The van der Waals surface area contributed by atoms with Crippen molar-refractivity contribution >= 4 is 21.7 Å². The Bertz CT molecular complexity index is 461. The highest BCUT2D eigenvalue weighted by Gasteiger charge is 2.27. The topological polar surface area (TPSA) is 26.3 Å². The average Bonchev–Trinajstić information content (AvgIpc) is 2.33. The van der Waals surface area contributed by atoms with Gasteiger partial charge in [0.1, 0.15) is 0 Å². The predicted molar refractivity (Wildman–Crippen MR) is 60.1 cm³/mol. The van der Waals surface area contributed by atoms with Gasteiger partial charge in [0.25, 0.3) is 0 Å². The number of carbonyl (C=O) groups is 1. The monoisotopic (exact) mass is 310 g/mol. The van der Waals surface area contributed by atoms with Crippen LogP contribution in [0, 0.1) is 17.5 Å². The summed E-state index contributed by atoms with van der Waals surface area (Å²) in [5.74, 6) is -5.32. The molecule has 6 heteroatoms. The molecule has 0 spiro atoms. The van der Waals surface area contributed by atoms with Crippen molar-refractivity contribution in [3.05, 3.63) is 28.6 Å². The molecule has 94 valence electrons. The molecule has 0 heterocycles. The van der Waals surface area contributed by atoms with Crippen LogP contribution in [0.4, 0.5) is 13.2 Å². The van der Waals surface area contributed by atoms with Crippen molar-refractivity contribution in [2.24, 2.45) is 0 Å². The molecule has 0 aliphatic rings. The van der Waals surface area contributed by atoms with Gasteiger partial charge < -0.3 is 4.74 Å². The second-order valence-electron chi connectivity index (χ2n) is 3.24. The van der Waals surface area contributed by atoms with Crippen molar-refractivity contribution in [2.75, 3.05) is 7.11 Å². The maximum Gasteiger partial charge on any atom is 0.204 e. The number of benzene rings is 1. The molecule has 0 amide bonds. The van der Waals surface area contributed by atoms with Crippen LogP contribution < -0.4 is 4.74 Å². The Morgan fingerprint density at radius 3 is 2.24 bits per heavy atom. The van der Waals surface area contributed by atoms with Gasteiger partial charge in [-0.1, -0.05) is 22.9 Å². The number of methoxy groups -OCH3 is 1. The molecule has 0 aliphatic carbocycles. The van der Waals surface area contributed by atoms with Gasteiger partial charge in [0.15, 0.2) is 23.2 Å². The average molecular weight is 311 g/mol. The number of halogens is 4. The van der Waals surface area contributed by atoms with E-state index < -0.39 is 34.5 Å². The van der Waals surface area contributed by atoms with Gasteiger partial charge in [-0.2, -0.15) is 4.39 Å². The Balaban J connectivity index is 3.67. The third kappa shape index (κ3) is 2.31. The number of ether oxygens (including phenoxy) is 1. The first-order valence-electron chi connectivity index (χ1n) is 4.81. The minimum Gasteiger partial charge on any atom is -0.491 e. The van der Waals surface area contributed by atoms with Gasteiger partial charge in [0.05, 0.1) is 12.7 Å². The lowest BCUT2D eigenvalue weighted by Gasteiger charge is -2.12. The minimum absolute atomic E-state index is 0.00878. The first-order chi connectivity index (χ1) is 7.99. The van der Waals surface area contributed by atoms with E-state index in [0.717, 1.165) is 7.11 Å². The van der Waals surface area contributed by atoms with Gasteiger partial charge in [-0.3, -0.25) is 4.79 Å². The van der Waals surface area contributed by atoms with E-state index in [0.29, 0.717) is 0 Å². The number of alkyl halides is 1. The number of hydrogen-bond donors (Lipinski definition) is 0. The molecule has 0 bridgehead atoms. The molecule has 1 aromatic rings. The van der Waals surface area contributed by atoms with Gasteiger partial charge in [-0.15, -0.1) is 0 Å². The Morgan fingerprint density at radius 2 is 1.82 bits per heavy atom. The summed E-state index contributed by atoms with van der Waals surface area (Å²) >= 11 is 2.91. The minimum atomic E-state index is -1.42. The Kier molecular flexibility index (Phi) is 4.56. The molecular formula is C11H10BrF3O2. The molecule has 0 saturated carbocycles. The molecule has 0 aliphatic heterocycles. The second-order valence-corrected chi connectivity index (χ2v) is 3.80. The van der Waals surface area contributed by atoms with Crippen molar-refractivity contribution in [1.29, 1.82) is 0 Å². The van der Waals surface area contributed by atoms with Crippen LogP contribution in [-0.4, -0.2) is 12.9 Å². The van der Waals surface area contributed by atoms with Crippen LogP contribution in [0.3, 0.4) is 0 Å². The maximum absolute atomic E-state index is 13.8. The van der Waals surface area contributed by atoms with E-state index >= 15 is 0 Å². The number of hydrogen-bond acceptors (Lipinski definition) is 2. The van der Waals surface area contributed by atoms with Gasteiger partial charge in [0, 0.05) is 17.3 Å². The number of rotatable bonds is 4. The lowest BCUT2D eigenvalue weighted by Crippen LogP contribution is -2.11. The summed E-state index contributed by atoms with van der Waals surface area (Å²) in [4.78, 5) is 11.5. The summed E-state index contributed by atoms with van der Waals surface area (Å²) in [5, 5.41) is -0.155. The number of carbonyl (C=O) groups excluding carboxylic acids is 1. The Morgan fingerprint density at radius 1 is 1.24 bits per heavy atom. The van der Waals surface area contributed by atoms with Crippen LogP contribution in [0.2, 0.25) is 0 Å². The van der Waals surface area contributed by atoms with Crippen LogP contribution in [-0.2, 0) is 5.33 Å². The van der Waals surface area contributed by atoms with Crippen molar-refractivity contribution in [3.8, 4) is 5.75 Å². The zero-order valence-corrected chi connectivity index (χ0v) is 10.8. The molecule has 17 heavy (non-hydrogen) atoms. The molecule has 0 saturated heterocycles. The highest BCUT2D eigenvalue weighted by molar-refractivity contribution is 9.08. The highest BCUT2D eigenvalue weighted by Crippen LogP contribution is 2.32. The fourth-order valence-corrected chi connectivity index (χ4v) is 1.98. The lowest BCUT2D eigenvalue weighted by molar-refractivity contribution is 0.0981. The fourth-order valence-electron chi connectivity index (χ4n) is 1.46. The van der Waals surface area contributed by atoms with Crippen molar-refractivity contribution in [2.45, 2.75) is 18.7 Å². The highest BCUT2D eigenvalue weighted by atomic mass is 79.9. The van der Waals surface area contributed by atoms with E-state index in [4.69, 9.17) is 0 Å². The summed E-state index contributed by atoms with van der Waals surface area (Å²) < 4.78 is 45.2. The van der Waals surface area contributed by atoms with Gasteiger partial charge in [-0.05, 0) is 0 Å². The Hall–Kier alpha value is -1.04.